The van der Waals surface area contributed by atoms with Gasteiger partial charge in [0.15, 0.2) is 0 Å². The summed E-state index contributed by atoms with van der Waals surface area (Å²) in [6.07, 6.45) is 1.80. The van der Waals surface area contributed by atoms with Gasteiger partial charge in [0.05, 0.1) is 39.0 Å². The Bertz CT molecular complexity index is 817. The number of pyridine rings is 1. The van der Waals surface area contributed by atoms with Gasteiger partial charge in [-0.1, -0.05) is 24.3 Å². The molecule has 3 heterocycles. The molecule has 1 aromatic heterocycles. The Morgan fingerprint density at radius 1 is 1.19 bits per heavy atom. The number of carbonyl (C=O) groups excluding carboxylic acids is 1. The number of methoxy groups -OCH3 is 1. The van der Waals surface area contributed by atoms with E-state index >= 15 is 0 Å². The molecule has 2 aliphatic rings. The monoisotopic (exact) mass is 368 g/mol. The van der Waals surface area contributed by atoms with Crippen molar-refractivity contribution in [2.24, 2.45) is 0 Å². The lowest BCUT2D eigenvalue weighted by atomic mass is 9.93. The molecule has 0 aliphatic carbocycles. The molecule has 1 amide bonds. The largest absolute Gasteiger partial charge is 0.485 e. The molecule has 0 saturated carbocycles. The first-order valence-electron chi connectivity index (χ1n) is 9.30. The number of rotatable bonds is 3. The van der Waals surface area contributed by atoms with Crippen molar-refractivity contribution in [2.75, 3.05) is 26.9 Å². The van der Waals surface area contributed by atoms with Gasteiger partial charge in [0.2, 0.25) is 11.8 Å². The number of amides is 1. The van der Waals surface area contributed by atoms with Crippen LogP contribution in [0.5, 0.6) is 11.6 Å². The molecule has 0 N–H and O–H groups in total. The molecule has 1 spiro atoms. The van der Waals surface area contributed by atoms with Crippen molar-refractivity contribution in [3.05, 3.63) is 53.7 Å². The van der Waals surface area contributed by atoms with Crippen LogP contribution in [0, 0.1) is 0 Å². The zero-order valence-electron chi connectivity index (χ0n) is 15.5. The van der Waals surface area contributed by atoms with Crippen molar-refractivity contribution in [1.82, 2.24) is 9.88 Å². The number of aromatic nitrogens is 1. The second-order valence-corrected chi connectivity index (χ2v) is 7.10. The minimum atomic E-state index is -0.387. The summed E-state index contributed by atoms with van der Waals surface area (Å²) in [5.74, 6) is 1.43. The predicted molar refractivity (Wildman–Crippen MR) is 99.8 cm³/mol. The maximum absolute atomic E-state index is 13.1. The molecular formula is C21H24N2O4. The van der Waals surface area contributed by atoms with Gasteiger partial charge in [0, 0.05) is 31.0 Å². The zero-order valence-corrected chi connectivity index (χ0v) is 15.5. The Morgan fingerprint density at radius 3 is 2.81 bits per heavy atom. The highest BCUT2D eigenvalue weighted by Gasteiger charge is 2.40. The Labute approximate surface area is 159 Å². The van der Waals surface area contributed by atoms with Gasteiger partial charge in [-0.25, -0.2) is 4.98 Å². The molecular weight excluding hydrogens is 344 g/mol. The molecule has 2 aliphatic heterocycles. The summed E-state index contributed by atoms with van der Waals surface area (Å²) in [5.41, 5.74) is 1.36. The molecule has 6 nitrogen and oxygen atoms in total. The summed E-state index contributed by atoms with van der Waals surface area (Å²) in [6.45, 7) is 2.42. The zero-order chi connectivity index (χ0) is 18.7. The number of hydrogen-bond donors (Lipinski definition) is 0. The first kappa shape index (κ1) is 17.8. The van der Waals surface area contributed by atoms with Crippen molar-refractivity contribution in [3.8, 4) is 11.6 Å². The van der Waals surface area contributed by atoms with Gasteiger partial charge in [-0.2, -0.15) is 0 Å². The van der Waals surface area contributed by atoms with Crippen LogP contribution in [0.1, 0.15) is 24.1 Å². The lowest BCUT2D eigenvalue weighted by Gasteiger charge is -2.38. The Hall–Kier alpha value is -2.60. The highest BCUT2D eigenvalue weighted by molar-refractivity contribution is 5.78. The highest BCUT2D eigenvalue weighted by atomic mass is 16.5. The van der Waals surface area contributed by atoms with E-state index in [2.05, 4.69) is 4.98 Å². The summed E-state index contributed by atoms with van der Waals surface area (Å²) >= 11 is 0. The number of nitrogens with zero attached hydrogens (tertiary/aromatic N) is 2. The van der Waals surface area contributed by atoms with E-state index in [0.717, 1.165) is 24.2 Å². The van der Waals surface area contributed by atoms with E-state index in [1.165, 1.54) is 0 Å². The average Bonchev–Trinajstić information content (AvgIpc) is 2.85. The SMILES string of the molecule is COc1cccc(CC(=O)N2Cc3ccccc3OC3(CCOCC3)C2)n1. The maximum Gasteiger partial charge on any atom is 0.229 e. The number of fused-ring (bicyclic) bond motifs is 1. The number of hydrogen-bond acceptors (Lipinski definition) is 5. The van der Waals surface area contributed by atoms with E-state index in [4.69, 9.17) is 14.2 Å². The first-order chi connectivity index (χ1) is 13.2. The fourth-order valence-corrected chi connectivity index (χ4v) is 3.73. The Balaban J connectivity index is 1.59. The third kappa shape index (κ3) is 3.90. The fraction of sp³-hybridized carbons (Fsp3) is 0.429. The normalized spacial score (nSPS) is 18.3. The van der Waals surface area contributed by atoms with Crippen molar-refractivity contribution >= 4 is 5.91 Å². The molecule has 27 heavy (non-hydrogen) atoms. The van der Waals surface area contributed by atoms with Gasteiger partial charge in [-0.05, 0) is 12.1 Å². The Kier molecular flexibility index (Phi) is 4.99. The van der Waals surface area contributed by atoms with E-state index < -0.39 is 0 Å². The van der Waals surface area contributed by atoms with Crippen LogP contribution in [0.2, 0.25) is 0 Å². The number of benzene rings is 1. The van der Waals surface area contributed by atoms with Crippen molar-refractivity contribution in [2.45, 2.75) is 31.4 Å². The second kappa shape index (κ2) is 7.56. The van der Waals surface area contributed by atoms with Crippen LogP contribution in [0.25, 0.3) is 0 Å². The van der Waals surface area contributed by atoms with Crippen molar-refractivity contribution in [3.63, 3.8) is 0 Å². The molecule has 0 radical (unpaired) electrons. The van der Waals surface area contributed by atoms with Crippen LogP contribution in [0.15, 0.2) is 42.5 Å². The predicted octanol–water partition coefficient (Wildman–Crippen LogP) is 2.60. The van der Waals surface area contributed by atoms with Crippen molar-refractivity contribution < 1.29 is 19.0 Å². The minimum Gasteiger partial charge on any atom is -0.485 e. The summed E-state index contributed by atoms with van der Waals surface area (Å²) < 4.78 is 17.1. The second-order valence-electron chi connectivity index (χ2n) is 7.10. The van der Waals surface area contributed by atoms with Crippen molar-refractivity contribution in [1.29, 1.82) is 0 Å². The standard InChI is InChI=1S/C21H24N2O4/c1-25-19-8-4-6-17(22-19)13-20(24)23-14-16-5-2-3-7-18(16)27-21(15-23)9-11-26-12-10-21/h2-8H,9-15H2,1H3. The summed E-state index contributed by atoms with van der Waals surface area (Å²) in [5, 5.41) is 0. The van der Waals surface area contributed by atoms with Crippen LogP contribution in [-0.2, 0) is 22.5 Å². The van der Waals surface area contributed by atoms with E-state index in [9.17, 15) is 4.79 Å². The first-order valence-corrected chi connectivity index (χ1v) is 9.30. The topological polar surface area (TPSA) is 60.9 Å². The van der Waals surface area contributed by atoms with E-state index in [1.54, 1.807) is 13.2 Å². The molecule has 6 heteroatoms. The van der Waals surface area contributed by atoms with E-state index in [1.807, 2.05) is 41.3 Å². The van der Waals surface area contributed by atoms with Gasteiger partial charge < -0.3 is 19.1 Å². The van der Waals surface area contributed by atoms with Crippen LogP contribution in [-0.4, -0.2) is 48.3 Å². The lowest BCUT2D eigenvalue weighted by molar-refractivity contribution is -0.135. The molecule has 1 saturated heterocycles. The lowest BCUT2D eigenvalue weighted by Crippen LogP contribution is -2.51. The maximum atomic E-state index is 13.1. The molecule has 0 bridgehead atoms. The van der Waals surface area contributed by atoms with E-state index in [-0.39, 0.29) is 17.9 Å². The van der Waals surface area contributed by atoms with Crippen LogP contribution < -0.4 is 9.47 Å². The Morgan fingerprint density at radius 2 is 2.00 bits per heavy atom. The average molecular weight is 368 g/mol. The summed E-state index contributed by atoms with van der Waals surface area (Å²) in [7, 11) is 1.58. The molecule has 142 valence electrons. The number of para-hydroxylation sites is 1. The molecule has 0 atom stereocenters. The van der Waals surface area contributed by atoms with Gasteiger partial charge in [-0.15, -0.1) is 0 Å². The molecule has 0 unspecified atom stereocenters. The van der Waals surface area contributed by atoms with Gasteiger partial charge in [-0.3, -0.25) is 4.79 Å². The fourth-order valence-electron chi connectivity index (χ4n) is 3.73. The van der Waals surface area contributed by atoms with Gasteiger partial charge >= 0.3 is 0 Å². The van der Waals surface area contributed by atoms with Crippen LogP contribution in [0.3, 0.4) is 0 Å². The number of ether oxygens (including phenoxy) is 3. The van der Waals surface area contributed by atoms with Gasteiger partial charge in [0.25, 0.3) is 0 Å². The van der Waals surface area contributed by atoms with Crippen LogP contribution in [0.4, 0.5) is 0 Å². The third-order valence-corrected chi connectivity index (χ3v) is 5.22. The summed E-state index contributed by atoms with van der Waals surface area (Å²) in [4.78, 5) is 19.4. The smallest absolute Gasteiger partial charge is 0.229 e. The highest BCUT2D eigenvalue weighted by Crippen LogP contribution is 2.35. The molecule has 1 fully saturated rings. The van der Waals surface area contributed by atoms with E-state index in [0.29, 0.717) is 37.9 Å². The number of carbonyl (C=O) groups is 1. The molecule has 2 aromatic rings. The molecule has 4 rings (SSSR count). The molecule has 1 aromatic carbocycles. The minimum absolute atomic E-state index is 0.0434. The van der Waals surface area contributed by atoms with Gasteiger partial charge in [0.1, 0.15) is 11.4 Å². The van der Waals surface area contributed by atoms with Crippen LogP contribution >= 0.6 is 0 Å². The quantitative estimate of drug-likeness (QED) is 0.833. The third-order valence-electron chi connectivity index (χ3n) is 5.22. The summed E-state index contributed by atoms with van der Waals surface area (Å²) in [6, 6.07) is 13.5.